The molecule has 0 fully saturated rings. The van der Waals surface area contributed by atoms with E-state index in [0.29, 0.717) is 31.9 Å². The van der Waals surface area contributed by atoms with Gasteiger partial charge in [0.05, 0.1) is 30.3 Å². The summed E-state index contributed by atoms with van der Waals surface area (Å²) in [5.41, 5.74) is -0.00288. The number of rotatable bonds is 9. The van der Waals surface area contributed by atoms with Crippen molar-refractivity contribution in [3.8, 4) is 5.75 Å². The fourth-order valence-corrected chi connectivity index (χ4v) is 1.33. The lowest BCUT2D eigenvalue weighted by Crippen LogP contribution is -2.10. The minimum atomic E-state index is -0.565. The van der Waals surface area contributed by atoms with E-state index in [0.717, 1.165) is 0 Å². The summed E-state index contributed by atoms with van der Waals surface area (Å²) in [7, 11) is 1.58. The third kappa shape index (κ3) is 5.02. The average molecular weight is 269 g/mol. The van der Waals surface area contributed by atoms with Gasteiger partial charge >= 0.3 is 0 Å². The normalized spacial score (nSPS) is 10.2. The van der Waals surface area contributed by atoms with Gasteiger partial charge in [-0.05, 0) is 6.07 Å². The number of nitro groups is 1. The Morgan fingerprint density at radius 1 is 1.26 bits per heavy atom. The number of hydrogen-bond donors (Lipinski definition) is 0. The molecule has 104 valence electrons. The summed E-state index contributed by atoms with van der Waals surface area (Å²) in [4.78, 5) is 20.8. The van der Waals surface area contributed by atoms with Crippen LogP contribution in [0.3, 0.4) is 0 Å². The monoisotopic (exact) mass is 269 g/mol. The van der Waals surface area contributed by atoms with Crippen LogP contribution in [0.2, 0.25) is 0 Å². The number of carbonyl (C=O) groups is 1. The molecule has 0 bridgehead atoms. The Kier molecular flexibility index (Phi) is 6.48. The van der Waals surface area contributed by atoms with E-state index in [1.54, 1.807) is 7.11 Å². The smallest absolute Gasteiger partial charge is 0.270 e. The van der Waals surface area contributed by atoms with E-state index >= 15 is 0 Å². The van der Waals surface area contributed by atoms with Gasteiger partial charge in [0.1, 0.15) is 12.4 Å². The topological polar surface area (TPSA) is 87.9 Å². The highest BCUT2D eigenvalue weighted by Gasteiger charge is 2.11. The van der Waals surface area contributed by atoms with Crippen LogP contribution in [0.1, 0.15) is 10.4 Å². The summed E-state index contributed by atoms with van der Waals surface area (Å²) < 4.78 is 15.3. The van der Waals surface area contributed by atoms with E-state index in [-0.39, 0.29) is 17.9 Å². The Morgan fingerprint density at radius 3 is 2.63 bits per heavy atom. The first kappa shape index (κ1) is 15.1. The molecular formula is C12H15NO6. The van der Waals surface area contributed by atoms with Gasteiger partial charge in [-0.15, -0.1) is 0 Å². The minimum absolute atomic E-state index is 0.145. The molecule has 0 aliphatic carbocycles. The van der Waals surface area contributed by atoms with E-state index in [1.165, 1.54) is 18.2 Å². The number of aldehydes is 1. The van der Waals surface area contributed by atoms with Gasteiger partial charge in [0.2, 0.25) is 0 Å². The molecule has 0 saturated heterocycles. The molecule has 0 saturated carbocycles. The van der Waals surface area contributed by atoms with E-state index in [9.17, 15) is 14.9 Å². The third-order valence-electron chi connectivity index (χ3n) is 2.25. The molecule has 0 radical (unpaired) electrons. The van der Waals surface area contributed by atoms with Gasteiger partial charge in [0, 0.05) is 19.2 Å². The molecule has 0 aliphatic rings. The van der Waals surface area contributed by atoms with E-state index in [2.05, 4.69) is 0 Å². The SMILES string of the molecule is COCCOCCOc1ccc([N+](=O)[O-])cc1C=O. The number of hydrogen-bond acceptors (Lipinski definition) is 6. The van der Waals surface area contributed by atoms with Crippen molar-refractivity contribution >= 4 is 12.0 Å². The second kappa shape index (κ2) is 8.17. The molecule has 0 N–H and O–H groups in total. The highest BCUT2D eigenvalue weighted by atomic mass is 16.6. The van der Waals surface area contributed by atoms with E-state index in [1.807, 2.05) is 0 Å². The zero-order chi connectivity index (χ0) is 14.1. The largest absolute Gasteiger partial charge is 0.490 e. The van der Waals surface area contributed by atoms with Crippen LogP contribution in [0.15, 0.2) is 18.2 Å². The number of nitrogens with zero attached hydrogens (tertiary/aromatic N) is 1. The third-order valence-corrected chi connectivity index (χ3v) is 2.25. The fraction of sp³-hybridized carbons (Fsp3) is 0.417. The van der Waals surface area contributed by atoms with Crippen molar-refractivity contribution in [2.24, 2.45) is 0 Å². The van der Waals surface area contributed by atoms with Crippen LogP contribution < -0.4 is 4.74 Å². The number of ether oxygens (including phenoxy) is 3. The molecular weight excluding hydrogens is 254 g/mol. The molecule has 0 aromatic heterocycles. The van der Waals surface area contributed by atoms with Crippen molar-refractivity contribution in [2.45, 2.75) is 0 Å². The number of carbonyl (C=O) groups excluding carboxylic acids is 1. The highest BCUT2D eigenvalue weighted by molar-refractivity contribution is 5.80. The fourth-order valence-electron chi connectivity index (χ4n) is 1.33. The molecule has 7 nitrogen and oxygen atoms in total. The van der Waals surface area contributed by atoms with Crippen LogP contribution in [0, 0.1) is 10.1 Å². The highest BCUT2D eigenvalue weighted by Crippen LogP contribution is 2.22. The van der Waals surface area contributed by atoms with Crippen LogP contribution in [0.5, 0.6) is 5.75 Å². The Hall–Kier alpha value is -1.99. The Balaban J connectivity index is 2.49. The minimum Gasteiger partial charge on any atom is -0.490 e. The van der Waals surface area contributed by atoms with Gasteiger partial charge in [-0.1, -0.05) is 0 Å². The first-order valence-corrected chi connectivity index (χ1v) is 5.62. The molecule has 0 aliphatic heterocycles. The maximum atomic E-state index is 10.8. The second-order valence-electron chi connectivity index (χ2n) is 3.55. The maximum Gasteiger partial charge on any atom is 0.270 e. The molecule has 0 amide bonds. The quantitative estimate of drug-likeness (QED) is 0.292. The molecule has 0 atom stereocenters. The van der Waals surface area contributed by atoms with Gasteiger partial charge in [0.15, 0.2) is 6.29 Å². The predicted octanol–water partition coefficient (Wildman–Crippen LogP) is 1.45. The Morgan fingerprint density at radius 2 is 2.00 bits per heavy atom. The number of methoxy groups -OCH3 is 1. The summed E-state index contributed by atoms with van der Waals surface area (Å²) in [6, 6.07) is 3.86. The zero-order valence-corrected chi connectivity index (χ0v) is 10.5. The summed E-state index contributed by atoms with van der Waals surface area (Å²) in [5.74, 6) is 0.302. The summed E-state index contributed by atoms with van der Waals surface area (Å²) in [6.07, 6.45) is 0.522. The molecule has 19 heavy (non-hydrogen) atoms. The molecule has 0 spiro atoms. The molecule has 1 aromatic carbocycles. The van der Waals surface area contributed by atoms with Gasteiger partial charge in [-0.2, -0.15) is 0 Å². The van der Waals surface area contributed by atoms with Crippen molar-refractivity contribution in [1.29, 1.82) is 0 Å². The first-order valence-electron chi connectivity index (χ1n) is 5.62. The van der Waals surface area contributed by atoms with Crippen LogP contribution in [0.25, 0.3) is 0 Å². The van der Waals surface area contributed by atoms with E-state index in [4.69, 9.17) is 14.2 Å². The van der Waals surface area contributed by atoms with Crippen molar-refractivity contribution in [2.75, 3.05) is 33.5 Å². The van der Waals surface area contributed by atoms with Crippen molar-refractivity contribution in [1.82, 2.24) is 0 Å². The second-order valence-corrected chi connectivity index (χ2v) is 3.55. The van der Waals surface area contributed by atoms with Crippen molar-refractivity contribution in [3.05, 3.63) is 33.9 Å². The maximum absolute atomic E-state index is 10.8. The summed E-state index contributed by atoms with van der Waals surface area (Å²) >= 11 is 0. The molecule has 1 rings (SSSR count). The average Bonchev–Trinajstić information content (AvgIpc) is 2.42. The molecule has 0 heterocycles. The lowest BCUT2D eigenvalue weighted by atomic mass is 10.2. The molecule has 7 heteroatoms. The van der Waals surface area contributed by atoms with Gasteiger partial charge in [-0.3, -0.25) is 14.9 Å². The van der Waals surface area contributed by atoms with E-state index < -0.39 is 4.92 Å². The zero-order valence-electron chi connectivity index (χ0n) is 10.5. The van der Waals surface area contributed by atoms with Crippen LogP contribution in [-0.4, -0.2) is 44.7 Å². The van der Waals surface area contributed by atoms with Gasteiger partial charge in [0.25, 0.3) is 5.69 Å². The predicted molar refractivity (Wildman–Crippen MR) is 66.7 cm³/mol. The lowest BCUT2D eigenvalue weighted by molar-refractivity contribution is -0.384. The van der Waals surface area contributed by atoms with Crippen molar-refractivity contribution < 1.29 is 23.9 Å². The molecule has 0 unspecified atom stereocenters. The number of nitro benzene ring substituents is 1. The lowest BCUT2D eigenvalue weighted by Gasteiger charge is -2.08. The summed E-state index contributed by atoms with van der Waals surface area (Å²) in [6.45, 7) is 1.55. The number of non-ortho nitro benzene ring substituents is 1. The Labute approximate surface area is 110 Å². The standard InChI is InChI=1S/C12H15NO6/c1-17-4-5-18-6-7-19-12-3-2-11(13(15)16)8-10(12)9-14/h2-3,8-9H,4-7H2,1H3. The summed E-state index contributed by atoms with van der Waals surface area (Å²) in [5, 5.41) is 10.6. The van der Waals surface area contributed by atoms with Crippen LogP contribution in [-0.2, 0) is 9.47 Å². The first-order chi connectivity index (χ1) is 9.19. The Bertz CT molecular complexity index is 434. The van der Waals surface area contributed by atoms with Gasteiger partial charge in [-0.25, -0.2) is 0 Å². The van der Waals surface area contributed by atoms with Gasteiger partial charge < -0.3 is 14.2 Å². The van der Waals surface area contributed by atoms with Crippen LogP contribution >= 0.6 is 0 Å². The molecule has 1 aromatic rings. The number of benzene rings is 1. The van der Waals surface area contributed by atoms with Crippen molar-refractivity contribution in [3.63, 3.8) is 0 Å². The van der Waals surface area contributed by atoms with Crippen LogP contribution in [0.4, 0.5) is 5.69 Å².